The van der Waals surface area contributed by atoms with Crippen LogP contribution in [0.3, 0.4) is 0 Å². The van der Waals surface area contributed by atoms with Crippen LogP contribution in [0.1, 0.15) is 52.9 Å². The molecule has 2 N–H and O–H groups in total. The van der Waals surface area contributed by atoms with Gasteiger partial charge in [0.2, 0.25) is 5.60 Å². The normalized spacial score (nSPS) is 39.2. The fourth-order valence-electron chi connectivity index (χ4n) is 7.48. The molecule has 35 heavy (non-hydrogen) atoms. The molecule has 1 saturated heterocycles. The zero-order valence-electron chi connectivity index (χ0n) is 20.5. The minimum atomic E-state index is -1.49. The van der Waals surface area contributed by atoms with E-state index >= 15 is 0 Å². The Bertz CT molecular complexity index is 1100. The monoisotopic (exact) mass is 483 g/mol. The van der Waals surface area contributed by atoms with Crippen molar-refractivity contribution >= 4 is 17.4 Å². The van der Waals surface area contributed by atoms with Crippen molar-refractivity contribution in [3.63, 3.8) is 0 Å². The number of anilines is 1. The van der Waals surface area contributed by atoms with Crippen LogP contribution in [0.5, 0.6) is 0 Å². The maximum atomic E-state index is 13.5. The van der Waals surface area contributed by atoms with Crippen molar-refractivity contribution in [1.29, 1.82) is 0 Å². The first-order chi connectivity index (χ1) is 16.5. The highest BCUT2D eigenvalue weighted by Crippen LogP contribution is 2.62. The Hall–Kier alpha value is -2.51. The molecule has 0 amide bonds. The summed E-state index contributed by atoms with van der Waals surface area (Å²) in [7, 11) is 0. The smallest absolute Gasteiger partial charge is 0.339 e. The van der Waals surface area contributed by atoms with Crippen LogP contribution >= 0.6 is 0 Å². The molecule has 0 aromatic heterocycles. The van der Waals surface area contributed by atoms with Crippen molar-refractivity contribution in [2.75, 3.05) is 11.6 Å². The SMILES string of the molecule is CC1CC2CN(c3ccc(F)cc3)OC2(C(=O)O)C1(C)CC(O)C1CCCC2=CC(=O)C=CC21C. The van der Waals surface area contributed by atoms with E-state index in [1.165, 1.54) is 12.1 Å². The molecule has 2 saturated carbocycles. The van der Waals surface area contributed by atoms with Crippen LogP contribution in [-0.4, -0.2) is 40.2 Å². The third-order valence-electron chi connectivity index (χ3n) is 9.65. The Kier molecular flexibility index (Phi) is 5.72. The van der Waals surface area contributed by atoms with Gasteiger partial charge in [0, 0.05) is 16.7 Å². The molecule has 1 aliphatic heterocycles. The summed E-state index contributed by atoms with van der Waals surface area (Å²) in [6.07, 6.45) is 7.93. The number of carboxylic acids is 1. The van der Waals surface area contributed by atoms with E-state index in [4.69, 9.17) is 4.84 Å². The number of halogens is 1. The summed E-state index contributed by atoms with van der Waals surface area (Å²) in [4.78, 5) is 31.2. The number of aliphatic carboxylic acids is 1. The van der Waals surface area contributed by atoms with Gasteiger partial charge in [0.1, 0.15) is 5.82 Å². The third-order valence-corrected chi connectivity index (χ3v) is 9.65. The van der Waals surface area contributed by atoms with Crippen LogP contribution in [-0.2, 0) is 14.4 Å². The van der Waals surface area contributed by atoms with Gasteiger partial charge in [0.05, 0.1) is 18.3 Å². The number of rotatable bonds is 5. The summed E-state index contributed by atoms with van der Waals surface area (Å²) in [5.41, 5.74) is -1.08. The molecular weight excluding hydrogens is 449 g/mol. The molecule has 4 aliphatic rings. The van der Waals surface area contributed by atoms with Crippen LogP contribution in [0, 0.1) is 34.4 Å². The number of aliphatic hydroxyl groups excluding tert-OH is 1. The maximum Gasteiger partial charge on any atom is 0.339 e. The number of carbonyl (C=O) groups excluding carboxylic acids is 1. The third kappa shape index (κ3) is 3.50. The number of hydroxylamine groups is 1. The average Bonchev–Trinajstić information content (AvgIpc) is 3.28. The lowest BCUT2D eigenvalue weighted by atomic mass is 9.57. The second kappa shape index (κ2) is 8.27. The molecular formula is C28H34FNO5. The van der Waals surface area contributed by atoms with E-state index in [1.54, 1.807) is 29.3 Å². The van der Waals surface area contributed by atoms with E-state index in [1.807, 2.05) is 13.0 Å². The maximum absolute atomic E-state index is 13.5. The summed E-state index contributed by atoms with van der Waals surface area (Å²) >= 11 is 0. The van der Waals surface area contributed by atoms with E-state index in [0.717, 1.165) is 24.8 Å². The number of aliphatic hydroxyl groups is 1. The molecule has 3 aliphatic carbocycles. The molecule has 0 spiro atoms. The minimum absolute atomic E-state index is 0.0168. The van der Waals surface area contributed by atoms with Crippen LogP contribution in [0.15, 0.2) is 48.1 Å². The Morgan fingerprint density at radius 2 is 2.00 bits per heavy atom. The number of hydrogen-bond donors (Lipinski definition) is 2. The van der Waals surface area contributed by atoms with Crippen molar-refractivity contribution in [2.24, 2.45) is 28.6 Å². The summed E-state index contributed by atoms with van der Waals surface area (Å²) in [6, 6.07) is 5.86. The number of fused-ring (bicyclic) bond motifs is 2. The molecule has 1 aromatic carbocycles. The molecule has 0 bridgehead atoms. The number of carbonyl (C=O) groups is 2. The Balaban J connectivity index is 1.46. The Morgan fingerprint density at radius 3 is 2.69 bits per heavy atom. The van der Waals surface area contributed by atoms with Crippen molar-refractivity contribution in [2.45, 2.75) is 64.6 Å². The zero-order valence-corrected chi connectivity index (χ0v) is 20.5. The average molecular weight is 484 g/mol. The fourth-order valence-corrected chi connectivity index (χ4v) is 7.48. The molecule has 3 fully saturated rings. The van der Waals surface area contributed by atoms with E-state index in [0.29, 0.717) is 18.7 Å². The van der Waals surface area contributed by atoms with Crippen molar-refractivity contribution in [3.8, 4) is 0 Å². The van der Waals surface area contributed by atoms with Crippen molar-refractivity contribution in [1.82, 2.24) is 0 Å². The highest BCUT2D eigenvalue weighted by molar-refractivity contribution is 6.01. The predicted octanol–water partition coefficient (Wildman–Crippen LogP) is 4.69. The lowest BCUT2D eigenvalue weighted by Gasteiger charge is -2.49. The molecule has 6 nitrogen and oxygen atoms in total. The predicted molar refractivity (Wildman–Crippen MR) is 129 cm³/mol. The number of ketones is 1. The van der Waals surface area contributed by atoms with E-state index in [9.17, 15) is 24.2 Å². The van der Waals surface area contributed by atoms with Crippen LogP contribution in [0.25, 0.3) is 0 Å². The van der Waals surface area contributed by atoms with Crippen LogP contribution in [0.4, 0.5) is 10.1 Å². The van der Waals surface area contributed by atoms with Gasteiger partial charge in [-0.1, -0.05) is 32.4 Å². The van der Waals surface area contributed by atoms with Gasteiger partial charge in [0.15, 0.2) is 5.78 Å². The van der Waals surface area contributed by atoms with Crippen molar-refractivity contribution in [3.05, 3.63) is 53.9 Å². The lowest BCUT2D eigenvalue weighted by Crippen LogP contribution is -2.56. The van der Waals surface area contributed by atoms with E-state index in [2.05, 4.69) is 13.8 Å². The first kappa shape index (κ1) is 24.2. The summed E-state index contributed by atoms with van der Waals surface area (Å²) in [6.45, 7) is 6.46. The van der Waals surface area contributed by atoms with Gasteiger partial charge < -0.3 is 10.2 Å². The number of carboxylic acid groups (broad SMARTS) is 1. The Labute approximate surface area is 205 Å². The zero-order chi connectivity index (χ0) is 25.2. The van der Waals surface area contributed by atoms with E-state index < -0.39 is 28.5 Å². The van der Waals surface area contributed by atoms with Gasteiger partial charge in [-0.3, -0.25) is 14.7 Å². The minimum Gasteiger partial charge on any atom is -0.479 e. The quantitative estimate of drug-likeness (QED) is 0.632. The molecule has 188 valence electrons. The van der Waals surface area contributed by atoms with Crippen LogP contribution in [0.2, 0.25) is 0 Å². The molecule has 7 heteroatoms. The molecule has 5 rings (SSSR count). The standard InChI is InChI=1S/C28H34FNO5/c1-17-13-19-16-30(21-9-7-20(29)8-10-21)35-28(19,25(33)34)27(17,3)15-24(32)23-6-4-5-18-14-22(31)11-12-26(18,23)2/h7-12,14,17,19,23-24,32H,4-6,13,15-16H2,1-3H3,(H,33,34). The molecule has 0 radical (unpaired) electrons. The number of nitrogens with zero attached hydrogens (tertiary/aromatic N) is 1. The number of hydrogen-bond acceptors (Lipinski definition) is 5. The largest absolute Gasteiger partial charge is 0.479 e. The van der Waals surface area contributed by atoms with Gasteiger partial charge in [-0.2, -0.15) is 0 Å². The Morgan fingerprint density at radius 1 is 1.29 bits per heavy atom. The molecule has 7 atom stereocenters. The lowest BCUT2D eigenvalue weighted by molar-refractivity contribution is -0.186. The second-order valence-electron chi connectivity index (χ2n) is 11.4. The molecule has 7 unspecified atom stereocenters. The van der Waals surface area contributed by atoms with Gasteiger partial charge in [-0.05, 0) is 80.4 Å². The van der Waals surface area contributed by atoms with Crippen molar-refractivity contribution < 1.29 is 29.0 Å². The summed E-state index contributed by atoms with van der Waals surface area (Å²) in [5.74, 6) is -1.77. The summed E-state index contributed by atoms with van der Waals surface area (Å²) in [5, 5.41) is 23.8. The highest BCUT2D eigenvalue weighted by Gasteiger charge is 2.71. The fraction of sp³-hybridized carbons (Fsp3) is 0.571. The van der Waals surface area contributed by atoms with Gasteiger partial charge in [-0.15, -0.1) is 0 Å². The number of benzene rings is 1. The topological polar surface area (TPSA) is 87.1 Å². The first-order valence-corrected chi connectivity index (χ1v) is 12.6. The van der Waals surface area contributed by atoms with Gasteiger partial charge in [0.25, 0.3) is 0 Å². The molecule has 1 heterocycles. The van der Waals surface area contributed by atoms with Gasteiger partial charge in [-0.25, -0.2) is 9.18 Å². The highest BCUT2D eigenvalue weighted by atomic mass is 19.1. The van der Waals surface area contributed by atoms with E-state index in [-0.39, 0.29) is 35.8 Å². The second-order valence-corrected chi connectivity index (χ2v) is 11.4. The summed E-state index contributed by atoms with van der Waals surface area (Å²) < 4.78 is 13.5. The van der Waals surface area contributed by atoms with Crippen LogP contribution < -0.4 is 5.06 Å². The van der Waals surface area contributed by atoms with Gasteiger partial charge >= 0.3 is 5.97 Å². The molecule has 1 aromatic rings. The first-order valence-electron chi connectivity index (χ1n) is 12.6. The number of allylic oxidation sites excluding steroid dienone is 4.